The molecule has 1 saturated heterocycles. The van der Waals surface area contributed by atoms with Crippen molar-refractivity contribution in [1.29, 1.82) is 0 Å². The second-order valence-electron chi connectivity index (χ2n) is 7.39. The Morgan fingerprint density at radius 2 is 2.14 bits per heavy atom. The largest absolute Gasteiger partial charge is 0.467 e. The summed E-state index contributed by atoms with van der Waals surface area (Å²) in [6.07, 6.45) is 2.58. The quantitative estimate of drug-likeness (QED) is 0.733. The molecule has 0 saturated carbocycles. The highest BCUT2D eigenvalue weighted by molar-refractivity contribution is 5.90. The van der Waals surface area contributed by atoms with Gasteiger partial charge in [0.25, 0.3) is 5.91 Å². The number of amides is 1. The molecule has 0 aromatic carbocycles. The van der Waals surface area contributed by atoms with Crippen LogP contribution in [0.1, 0.15) is 40.2 Å². The van der Waals surface area contributed by atoms with Crippen LogP contribution in [0.15, 0.2) is 34.9 Å². The smallest absolute Gasteiger partial charge is 0.289 e. The predicted octanol–water partition coefficient (Wildman–Crippen LogP) is 1.52. The number of aromatic nitrogens is 5. The second kappa shape index (κ2) is 6.74. The Hall–Kier alpha value is -3.23. The van der Waals surface area contributed by atoms with E-state index in [2.05, 4.69) is 30.6 Å². The van der Waals surface area contributed by atoms with Crippen molar-refractivity contribution in [2.24, 2.45) is 5.92 Å². The monoisotopic (exact) mass is 379 g/mol. The van der Waals surface area contributed by atoms with Crippen molar-refractivity contribution in [1.82, 2.24) is 30.3 Å². The minimum atomic E-state index is -0.229. The molecular formula is C19H21N7O2. The molecule has 2 atom stereocenters. The Labute approximate surface area is 161 Å². The molecule has 5 heterocycles. The first kappa shape index (κ1) is 16.9. The van der Waals surface area contributed by atoms with Crippen molar-refractivity contribution >= 4 is 11.7 Å². The molecule has 2 aliphatic rings. The number of nitrogens with zero attached hydrogens (tertiary/aromatic N) is 6. The molecule has 0 spiro atoms. The van der Waals surface area contributed by atoms with E-state index >= 15 is 0 Å². The predicted molar refractivity (Wildman–Crippen MR) is 99.7 cm³/mol. The standard InChI is InChI=1S/C19H21N7O2/c1-12-4-5-16(22-21-12)25-10-13-6-7-26-17(15(13)11-25)23-24-18(26)19(27)20-9-14-3-2-8-28-14/h2-5,8,13,15H,6-7,9-11H2,1H3,(H,20,27)/t13-,15+/m1/s1. The molecule has 3 aromatic heterocycles. The fraction of sp³-hybridized carbons (Fsp3) is 0.421. The molecule has 9 nitrogen and oxygen atoms in total. The first-order valence-electron chi connectivity index (χ1n) is 9.48. The number of aryl methyl sites for hydroxylation is 1. The number of hydrogen-bond acceptors (Lipinski definition) is 7. The lowest BCUT2D eigenvalue weighted by molar-refractivity contribution is 0.0931. The van der Waals surface area contributed by atoms with Gasteiger partial charge in [-0.05, 0) is 43.5 Å². The van der Waals surface area contributed by atoms with E-state index in [1.165, 1.54) is 0 Å². The van der Waals surface area contributed by atoms with Crippen molar-refractivity contribution in [2.75, 3.05) is 18.0 Å². The van der Waals surface area contributed by atoms with Crippen LogP contribution < -0.4 is 10.2 Å². The van der Waals surface area contributed by atoms with Crippen LogP contribution in [0, 0.1) is 12.8 Å². The highest BCUT2D eigenvalue weighted by atomic mass is 16.3. The number of anilines is 1. The number of furan rings is 1. The molecule has 1 fully saturated rings. The van der Waals surface area contributed by atoms with Crippen molar-refractivity contribution in [3.05, 3.63) is 53.6 Å². The molecular weight excluding hydrogens is 358 g/mol. The van der Waals surface area contributed by atoms with E-state index in [0.29, 0.717) is 24.0 Å². The van der Waals surface area contributed by atoms with Gasteiger partial charge >= 0.3 is 0 Å². The lowest BCUT2D eigenvalue weighted by atomic mass is 9.89. The van der Waals surface area contributed by atoms with Gasteiger partial charge in [0.1, 0.15) is 11.6 Å². The zero-order valence-corrected chi connectivity index (χ0v) is 15.6. The van der Waals surface area contributed by atoms with Crippen LogP contribution in [0.25, 0.3) is 0 Å². The van der Waals surface area contributed by atoms with E-state index in [-0.39, 0.29) is 11.8 Å². The van der Waals surface area contributed by atoms with Gasteiger partial charge in [0.05, 0.1) is 18.5 Å². The molecule has 0 radical (unpaired) electrons. The maximum atomic E-state index is 12.6. The van der Waals surface area contributed by atoms with Crippen LogP contribution in [0.5, 0.6) is 0 Å². The lowest BCUT2D eigenvalue weighted by Crippen LogP contribution is -2.30. The van der Waals surface area contributed by atoms with E-state index in [9.17, 15) is 4.79 Å². The van der Waals surface area contributed by atoms with Crippen LogP contribution in [0.4, 0.5) is 5.82 Å². The maximum Gasteiger partial charge on any atom is 0.289 e. The Balaban J connectivity index is 1.33. The van der Waals surface area contributed by atoms with Crippen molar-refractivity contribution < 1.29 is 9.21 Å². The summed E-state index contributed by atoms with van der Waals surface area (Å²) in [6.45, 7) is 4.76. The summed E-state index contributed by atoms with van der Waals surface area (Å²) in [5, 5.41) is 19.9. The van der Waals surface area contributed by atoms with Gasteiger partial charge in [0, 0.05) is 25.6 Å². The zero-order chi connectivity index (χ0) is 19.1. The van der Waals surface area contributed by atoms with Crippen LogP contribution >= 0.6 is 0 Å². The van der Waals surface area contributed by atoms with Crippen LogP contribution in [-0.4, -0.2) is 44.0 Å². The van der Waals surface area contributed by atoms with Gasteiger partial charge in [-0.3, -0.25) is 4.79 Å². The first-order valence-corrected chi connectivity index (χ1v) is 9.48. The van der Waals surface area contributed by atoms with Crippen molar-refractivity contribution in [2.45, 2.75) is 32.4 Å². The Morgan fingerprint density at radius 1 is 1.21 bits per heavy atom. The third kappa shape index (κ3) is 2.92. The number of rotatable bonds is 4. The Bertz CT molecular complexity index is 980. The summed E-state index contributed by atoms with van der Waals surface area (Å²) < 4.78 is 7.22. The molecule has 0 unspecified atom stereocenters. The van der Waals surface area contributed by atoms with Gasteiger partial charge in [-0.15, -0.1) is 15.3 Å². The number of nitrogens with one attached hydrogen (secondary N) is 1. The average Bonchev–Trinajstić information content (AvgIpc) is 3.44. The summed E-state index contributed by atoms with van der Waals surface area (Å²) in [6, 6.07) is 7.61. The minimum Gasteiger partial charge on any atom is -0.467 e. The summed E-state index contributed by atoms with van der Waals surface area (Å²) in [7, 11) is 0. The normalized spacial score (nSPS) is 20.7. The minimum absolute atomic E-state index is 0.229. The van der Waals surface area contributed by atoms with Gasteiger partial charge in [-0.2, -0.15) is 5.10 Å². The lowest BCUT2D eigenvalue weighted by Gasteiger charge is -2.24. The van der Waals surface area contributed by atoms with Gasteiger partial charge < -0.3 is 19.2 Å². The Kier molecular flexibility index (Phi) is 4.07. The highest BCUT2D eigenvalue weighted by Crippen LogP contribution is 2.39. The van der Waals surface area contributed by atoms with E-state index in [0.717, 1.165) is 43.4 Å². The number of carbonyl (C=O) groups excluding carboxylic acids is 1. The molecule has 28 heavy (non-hydrogen) atoms. The van der Waals surface area contributed by atoms with E-state index in [1.54, 1.807) is 12.3 Å². The molecule has 5 rings (SSSR count). The van der Waals surface area contributed by atoms with E-state index < -0.39 is 0 Å². The molecule has 2 aliphatic heterocycles. The molecule has 9 heteroatoms. The van der Waals surface area contributed by atoms with E-state index in [1.807, 2.05) is 29.7 Å². The summed E-state index contributed by atoms with van der Waals surface area (Å²) in [5.74, 6) is 3.36. The van der Waals surface area contributed by atoms with Gasteiger partial charge in [0.15, 0.2) is 5.82 Å². The third-order valence-electron chi connectivity index (χ3n) is 5.59. The third-order valence-corrected chi connectivity index (χ3v) is 5.59. The zero-order valence-electron chi connectivity index (χ0n) is 15.6. The fourth-order valence-corrected chi connectivity index (χ4v) is 4.14. The van der Waals surface area contributed by atoms with Gasteiger partial charge in [0.2, 0.25) is 5.82 Å². The maximum absolute atomic E-state index is 12.6. The molecule has 144 valence electrons. The number of carbonyl (C=O) groups is 1. The van der Waals surface area contributed by atoms with Crippen LogP contribution in [-0.2, 0) is 13.1 Å². The number of fused-ring (bicyclic) bond motifs is 3. The number of hydrogen-bond donors (Lipinski definition) is 1. The molecule has 3 aromatic rings. The Morgan fingerprint density at radius 3 is 2.93 bits per heavy atom. The molecule has 1 amide bonds. The highest BCUT2D eigenvalue weighted by Gasteiger charge is 2.41. The molecule has 1 N–H and O–H groups in total. The second-order valence-corrected chi connectivity index (χ2v) is 7.39. The fourth-order valence-electron chi connectivity index (χ4n) is 4.14. The first-order chi connectivity index (χ1) is 13.7. The summed E-state index contributed by atoms with van der Waals surface area (Å²) in [4.78, 5) is 14.8. The SMILES string of the molecule is Cc1ccc(N2C[C@H]3CCn4c(C(=O)NCc5ccco5)nnc4[C@H]3C2)nn1. The molecule has 0 aliphatic carbocycles. The van der Waals surface area contributed by atoms with Crippen LogP contribution in [0.2, 0.25) is 0 Å². The van der Waals surface area contributed by atoms with E-state index in [4.69, 9.17) is 4.42 Å². The van der Waals surface area contributed by atoms with Crippen molar-refractivity contribution in [3.63, 3.8) is 0 Å². The van der Waals surface area contributed by atoms with Crippen molar-refractivity contribution in [3.8, 4) is 0 Å². The van der Waals surface area contributed by atoms with Gasteiger partial charge in [-0.1, -0.05) is 0 Å². The average molecular weight is 379 g/mol. The summed E-state index contributed by atoms with van der Waals surface area (Å²) >= 11 is 0. The topological polar surface area (TPSA) is 102 Å². The summed E-state index contributed by atoms with van der Waals surface area (Å²) in [5.41, 5.74) is 0.908. The van der Waals surface area contributed by atoms with Crippen LogP contribution in [0.3, 0.4) is 0 Å². The molecule has 0 bridgehead atoms. The van der Waals surface area contributed by atoms with Gasteiger partial charge in [-0.25, -0.2) is 0 Å².